The van der Waals surface area contributed by atoms with Gasteiger partial charge in [-0.25, -0.2) is 0 Å². The van der Waals surface area contributed by atoms with Gasteiger partial charge in [0.1, 0.15) is 22.3 Å². The first-order chi connectivity index (χ1) is 27.6. The highest BCUT2D eigenvalue weighted by molar-refractivity contribution is 7.39. The van der Waals surface area contributed by atoms with Crippen molar-refractivity contribution in [2.24, 2.45) is 0 Å². The Labute approximate surface area is 323 Å². The van der Waals surface area contributed by atoms with Crippen LogP contribution in [0.15, 0.2) is 187 Å². The van der Waals surface area contributed by atoms with E-state index in [2.05, 4.69) is 179 Å². The molecule has 56 heavy (non-hydrogen) atoms. The summed E-state index contributed by atoms with van der Waals surface area (Å²) in [5.74, 6) is 0. The highest BCUT2D eigenvalue weighted by atomic mass is 31.1. The zero-order valence-electron chi connectivity index (χ0n) is 30.6. The maximum absolute atomic E-state index is 6.90. The molecular formula is C48H34N2O4P2. The monoisotopic (exact) mass is 764 g/mol. The Morgan fingerprint density at radius 3 is 0.911 bits per heavy atom. The van der Waals surface area contributed by atoms with Gasteiger partial charge in [-0.15, -0.1) is 0 Å². The van der Waals surface area contributed by atoms with E-state index in [-0.39, 0.29) is 0 Å². The van der Waals surface area contributed by atoms with Crippen LogP contribution < -0.4 is 9.34 Å². The molecule has 0 bridgehead atoms. The lowest BCUT2D eigenvalue weighted by Crippen LogP contribution is -2.08. The van der Waals surface area contributed by atoms with Gasteiger partial charge < -0.3 is 16.8 Å². The smallest absolute Gasteiger partial charge is 0.341 e. The van der Waals surface area contributed by atoms with Crippen LogP contribution in [0.3, 0.4) is 0 Å². The number of benzene rings is 9. The first kappa shape index (κ1) is 32.8. The first-order valence-corrected chi connectivity index (χ1v) is 20.8. The molecule has 8 heteroatoms. The average molecular weight is 765 g/mol. The second-order valence-electron chi connectivity index (χ2n) is 14.0. The number of rotatable bonds is 4. The summed E-state index contributed by atoms with van der Waals surface area (Å²) in [5, 5.41) is 13.3. The summed E-state index contributed by atoms with van der Waals surface area (Å²) < 4.78 is 31.8. The number of hydrogen-bond acceptors (Lipinski definition) is 6. The standard InChI is InChI=1S/C48H34N2O4P2/c1-49(55-51-41-26-22-31-12-3-7-18-37(31)45(41)46-38-19-8-4-13-32(38)23-27-42(46)52-55)35-16-11-17-36(30-35)50(2)56-53-43-28-24-33-14-5-9-20-39(33)47(43)48-40-21-10-6-15-34(40)25-29-44(48)54-56/h3-30H,1-2H3. The molecule has 9 aromatic carbocycles. The van der Waals surface area contributed by atoms with Gasteiger partial charge in [0.25, 0.3) is 0 Å². The van der Waals surface area contributed by atoms with Gasteiger partial charge in [0.2, 0.25) is 0 Å². The summed E-state index contributed by atoms with van der Waals surface area (Å²) in [6.45, 7) is 0. The van der Waals surface area contributed by atoms with Crippen LogP contribution in [0.1, 0.15) is 0 Å². The molecule has 0 N–H and O–H groups in total. The van der Waals surface area contributed by atoms with Crippen molar-refractivity contribution in [1.29, 1.82) is 0 Å². The minimum absolute atomic E-state index is 0.797. The summed E-state index contributed by atoms with van der Waals surface area (Å²) in [6, 6.07) is 59.1. The van der Waals surface area contributed by atoms with Crippen LogP contribution in [0.4, 0.5) is 11.4 Å². The lowest BCUT2D eigenvalue weighted by molar-refractivity contribution is 0.637. The second-order valence-corrected chi connectivity index (χ2v) is 16.9. The Kier molecular flexibility index (Phi) is 7.63. The van der Waals surface area contributed by atoms with Gasteiger partial charge in [-0.05, 0) is 85.6 Å². The topological polar surface area (TPSA) is 59.0 Å². The number of fused-ring (bicyclic) bond motifs is 14. The van der Waals surface area contributed by atoms with Gasteiger partial charge >= 0.3 is 16.3 Å². The molecule has 2 heterocycles. The zero-order chi connectivity index (χ0) is 37.3. The molecule has 0 aliphatic heterocycles. The zero-order valence-corrected chi connectivity index (χ0v) is 32.4. The van der Waals surface area contributed by atoms with Crippen molar-refractivity contribution in [3.63, 3.8) is 0 Å². The molecule has 0 amide bonds. The summed E-state index contributed by atoms with van der Waals surface area (Å²) in [4.78, 5) is 0. The maximum Gasteiger partial charge on any atom is 0.341 e. The van der Waals surface area contributed by atoms with Crippen LogP contribution in [0.5, 0.6) is 0 Å². The first-order valence-electron chi connectivity index (χ1n) is 18.6. The molecule has 11 aromatic rings. The van der Waals surface area contributed by atoms with Gasteiger partial charge in [0.05, 0.1) is 11.4 Å². The van der Waals surface area contributed by atoms with Crippen molar-refractivity contribution in [2.45, 2.75) is 0 Å². The van der Waals surface area contributed by atoms with Gasteiger partial charge in [-0.1, -0.05) is 127 Å². The third-order valence-electron chi connectivity index (χ3n) is 10.8. The Balaban J connectivity index is 1.08. The molecule has 0 radical (unpaired) electrons. The lowest BCUT2D eigenvalue weighted by Gasteiger charge is -2.19. The van der Waals surface area contributed by atoms with Crippen molar-refractivity contribution < 1.29 is 16.8 Å². The molecule has 11 rings (SSSR count). The quantitative estimate of drug-likeness (QED) is 0.178. The average Bonchev–Trinajstić information content (AvgIpc) is 3.55. The molecule has 0 aliphatic rings. The van der Waals surface area contributed by atoms with Crippen molar-refractivity contribution in [3.8, 4) is 0 Å². The van der Waals surface area contributed by atoms with Crippen LogP contribution in [0.2, 0.25) is 0 Å². The normalized spacial score (nSPS) is 11.8. The minimum Gasteiger partial charge on any atom is -0.404 e. The Bertz CT molecular complexity index is 3030. The summed E-state index contributed by atoms with van der Waals surface area (Å²) in [7, 11) is 0.832. The van der Waals surface area contributed by atoms with Crippen LogP contribution in [0.25, 0.3) is 87.0 Å². The molecule has 0 saturated heterocycles. The third-order valence-corrected chi connectivity index (χ3v) is 13.7. The molecule has 0 saturated carbocycles. The molecule has 0 spiro atoms. The van der Waals surface area contributed by atoms with E-state index in [4.69, 9.17) is 16.8 Å². The molecule has 0 fully saturated rings. The fourth-order valence-corrected chi connectivity index (χ4v) is 10.5. The third kappa shape index (κ3) is 5.26. The molecule has 0 unspecified atom stereocenters. The summed E-state index contributed by atoms with van der Waals surface area (Å²) in [5.41, 5.74) is 5.07. The van der Waals surface area contributed by atoms with Crippen LogP contribution >= 0.6 is 16.3 Å². The molecule has 270 valence electrons. The molecule has 2 aromatic heterocycles. The molecule has 0 atom stereocenters. The maximum atomic E-state index is 6.90. The SMILES string of the molecule is CN(c1cccc(N(C)p2oc3ccc4ccccc4c3c3c(ccc4ccccc43)o2)c1)p1oc2ccc3ccccc3c2c2c(ccc3ccccc32)o1. The van der Waals surface area contributed by atoms with Crippen LogP contribution in [-0.4, -0.2) is 14.1 Å². The second kappa shape index (κ2) is 13.0. The predicted molar refractivity (Wildman–Crippen MR) is 237 cm³/mol. The van der Waals surface area contributed by atoms with E-state index in [1.807, 2.05) is 14.1 Å². The lowest BCUT2D eigenvalue weighted by atomic mass is 9.99. The summed E-state index contributed by atoms with van der Waals surface area (Å²) in [6.07, 6.45) is 0. The van der Waals surface area contributed by atoms with Gasteiger partial charge in [-0.2, -0.15) is 0 Å². The van der Waals surface area contributed by atoms with E-state index in [9.17, 15) is 0 Å². The van der Waals surface area contributed by atoms with E-state index in [1.54, 1.807) is 0 Å². The van der Waals surface area contributed by atoms with E-state index >= 15 is 0 Å². The van der Waals surface area contributed by atoms with E-state index in [0.29, 0.717) is 0 Å². The van der Waals surface area contributed by atoms with Gasteiger partial charge in [0, 0.05) is 35.6 Å². The Hall–Kier alpha value is -6.58. The fraction of sp³-hybridized carbons (Fsp3) is 0.0417. The van der Waals surface area contributed by atoms with Gasteiger partial charge in [0.15, 0.2) is 0 Å². The molecular weight excluding hydrogens is 730 g/mol. The summed E-state index contributed by atoms with van der Waals surface area (Å²) >= 11 is 0. The molecule has 0 aliphatic carbocycles. The fourth-order valence-electron chi connectivity index (χ4n) is 8.04. The van der Waals surface area contributed by atoms with Crippen LogP contribution in [0, 0.1) is 0 Å². The van der Waals surface area contributed by atoms with Crippen LogP contribution in [-0.2, 0) is 0 Å². The number of nitrogens with zero attached hydrogens (tertiary/aromatic N) is 2. The number of anilines is 2. The van der Waals surface area contributed by atoms with Crippen molar-refractivity contribution in [2.75, 3.05) is 23.4 Å². The largest absolute Gasteiger partial charge is 0.404 e. The Morgan fingerprint density at radius 2 is 0.607 bits per heavy atom. The minimum atomic E-state index is -1.62. The van der Waals surface area contributed by atoms with E-state index in [1.165, 1.54) is 0 Å². The Morgan fingerprint density at radius 1 is 0.321 bits per heavy atom. The highest BCUT2D eigenvalue weighted by Gasteiger charge is 2.19. The van der Waals surface area contributed by atoms with Crippen molar-refractivity contribution in [1.82, 2.24) is 0 Å². The van der Waals surface area contributed by atoms with E-state index < -0.39 is 16.3 Å². The van der Waals surface area contributed by atoms with Crippen molar-refractivity contribution >= 4 is 115 Å². The predicted octanol–water partition coefficient (Wildman–Crippen LogP) is 15.3. The highest BCUT2D eigenvalue weighted by Crippen LogP contribution is 2.47. The molecule has 6 nitrogen and oxygen atoms in total. The number of hydrogen-bond donors (Lipinski definition) is 0. The van der Waals surface area contributed by atoms with Gasteiger partial charge in [-0.3, -0.25) is 9.34 Å². The van der Waals surface area contributed by atoms with E-state index in [0.717, 1.165) is 98.3 Å². The van der Waals surface area contributed by atoms with Crippen molar-refractivity contribution in [3.05, 3.63) is 170 Å².